The molecule has 19 heavy (non-hydrogen) atoms. The van der Waals surface area contributed by atoms with Crippen molar-refractivity contribution in [3.63, 3.8) is 0 Å². The topological polar surface area (TPSA) is 21.3 Å². The zero-order chi connectivity index (χ0) is 14.5. The Morgan fingerprint density at radius 2 is 1.79 bits per heavy atom. The second-order valence-corrected chi connectivity index (χ2v) is 7.06. The van der Waals surface area contributed by atoms with Crippen molar-refractivity contribution in [2.45, 2.75) is 60.0 Å². The van der Waals surface area contributed by atoms with Crippen molar-refractivity contribution in [1.82, 2.24) is 5.32 Å². The highest BCUT2D eigenvalue weighted by Gasteiger charge is 2.24. The van der Waals surface area contributed by atoms with E-state index in [1.54, 1.807) is 0 Å². The van der Waals surface area contributed by atoms with Gasteiger partial charge in [-0.05, 0) is 50.3 Å². The third kappa shape index (κ3) is 6.63. The van der Waals surface area contributed by atoms with E-state index in [-0.39, 0.29) is 5.54 Å². The standard InChI is InChI=1S/C17H29NO/c1-7-19-15-10-8-9-14(11-15)12-18-17(5,6)13-16(2,3)4/h8-11,18H,7,12-13H2,1-6H3. The van der Waals surface area contributed by atoms with Crippen molar-refractivity contribution in [3.05, 3.63) is 29.8 Å². The van der Waals surface area contributed by atoms with Crippen LogP contribution in [0.15, 0.2) is 24.3 Å². The van der Waals surface area contributed by atoms with E-state index < -0.39 is 0 Å². The molecule has 0 atom stereocenters. The van der Waals surface area contributed by atoms with Crippen LogP contribution in [0.25, 0.3) is 0 Å². The Bertz CT molecular complexity index is 390. The van der Waals surface area contributed by atoms with E-state index in [2.05, 4.69) is 58.1 Å². The zero-order valence-corrected chi connectivity index (χ0v) is 13.3. The fourth-order valence-electron chi connectivity index (χ4n) is 2.64. The number of ether oxygens (including phenoxy) is 1. The van der Waals surface area contributed by atoms with Crippen LogP contribution in [-0.4, -0.2) is 12.1 Å². The van der Waals surface area contributed by atoms with Crippen molar-refractivity contribution >= 4 is 0 Å². The van der Waals surface area contributed by atoms with Crippen LogP contribution >= 0.6 is 0 Å². The zero-order valence-electron chi connectivity index (χ0n) is 13.3. The maximum absolute atomic E-state index is 5.53. The number of benzene rings is 1. The number of nitrogens with one attached hydrogen (secondary N) is 1. The summed E-state index contributed by atoms with van der Waals surface area (Å²) in [5.41, 5.74) is 1.75. The molecule has 0 saturated heterocycles. The average molecular weight is 263 g/mol. The highest BCUT2D eigenvalue weighted by molar-refractivity contribution is 5.28. The third-order valence-electron chi connectivity index (χ3n) is 2.95. The average Bonchev–Trinajstić information content (AvgIpc) is 2.24. The first kappa shape index (κ1) is 16.0. The van der Waals surface area contributed by atoms with Crippen LogP contribution in [-0.2, 0) is 6.54 Å². The molecule has 0 aromatic heterocycles. The van der Waals surface area contributed by atoms with Gasteiger partial charge in [0, 0.05) is 12.1 Å². The second-order valence-electron chi connectivity index (χ2n) is 7.06. The molecule has 0 aliphatic heterocycles. The first-order chi connectivity index (χ1) is 8.72. The molecule has 0 aliphatic rings. The van der Waals surface area contributed by atoms with Crippen molar-refractivity contribution in [2.75, 3.05) is 6.61 Å². The lowest BCUT2D eigenvalue weighted by molar-refractivity contribution is 0.240. The first-order valence-corrected chi connectivity index (χ1v) is 7.19. The molecule has 2 nitrogen and oxygen atoms in total. The van der Waals surface area contributed by atoms with Crippen molar-refractivity contribution in [1.29, 1.82) is 0 Å². The van der Waals surface area contributed by atoms with Gasteiger partial charge in [-0.3, -0.25) is 0 Å². The summed E-state index contributed by atoms with van der Waals surface area (Å²) in [7, 11) is 0. The summed E-state index contributed by atoms with van der Waals surface area (Å²) in [5, 5.41) is 3.65. The van der Waals surface area contributed by atoms with Crippen LogP contribution in [0.1, 0.15) is 53.5 Å². The van der Waals surface area contributed by atoms with Crippen LogP contribution in [0, 0.1) is 5.41 Å². The van der Waals surface area contributed by atoms with Gasteiger partial charge in [-0.15, -0.1) is 0 Å². The van der Waals surface area contributed by atoms with E-state index in [0.717, 1.165) is 18.7 Å². The molecule has 0 aliphatic carbocycles. The molecular weight excluding hydrogens is 234 g/mol. The largest absolute Gasteiger partial charge is 0.494 e. The van der Waals surface area contributed by atoms with Crippen LogP contribution in [0.2, 0.25) is 0 Å². The van der Waals surface area contributed by atoms with E-state index in [4.69, 9.17) is 4.74 Å². The molecule has 0 saturated carbocycles. The van der Waals surface area contributed by atoms with Gasteiger partial charge in [-0.25, -0.2) is 0 Å². The second kappa shape index (κ2) is 6.42. The van der Waals surface area contributed by atoms with Gasteiger partial charge >= 0.3 is 0 Å². The molecule has 0 spiro atoms. The molecule has 0 fully saturated rings. The molecule has 0 amide bonds. The Hall–Kier alpha value is -1.02. The van der Waals surface area contributed by atoms with E-state index in [1.807, 2.05) is 13.0 Å². The number of hydrogen-bond acceptors (Lipinski definition) is 2. The lowest BCUT2D eigenvalue weighted by Gasteiger charge is -2.33. The monoisotopic (exact) mass is 263 g/mol. The quantitative estimate of drug-likeness (QED) is 0.822. The summed E-state index contributed by atoms with van der Waals surface area (Å²) in [5.74, 6) is 0.954. The van der Waals surface area contributed by atoms with Crippen LogP contribution in [0.3, 0.4) is 0 Å². The fraction of sp³-hybridized carbons (Fsp3) is 0.647. The van der Waals surface area contributed by atoms with E-state index in [9.17, 15) is 0 Å². The predicted molar refractivity (Wildman–Crippen MR) is 82.6 cm³/mol. The van der Waals surface area contributed by atoms with Gasteiger partial charge in [0.05, 0.1) is 6.61 Å². The smallest absolute Gasteiger partial charge is 0.119 e. The fourth-order valence-corrected chi connectivity index (χ4v) is 2.64. The summed E-state index contributed by atoms with van der Waals surface area (Å²) < 4.78 is 5.53. The minimum Gasteiger partial charge on any atom is -0.494 e. The van der Waals surface area contributed by atoms with Gasteiger partial charge in [0.25, 0.3) is 0 Å². The van der Waals surface area contributed by atoms with Gasteiger partial charge in [0.15, 0.2) is 0 Å². The molecule has 1 aromatic carbocycles. The minimum absolute atomic E-state index is 0.139. The number of rotatable bonds is 6. The molecule has 1 N–H and O–H groups in total. The molecule has 2 heteroatoms. The maximum Gasteiger partial charge on any atom is 0.119 e. The maximum atomic E-state index is 5.53. The van der Waals surface area contributed by atoms with E-state index in [0.29, 0.717) is 12.0 Å². The van der Waals surface area contributed by atoms with Gasteiger partial charge in [0.1, 0.15) is 5.75 Å². The van der Waals surface area contributed by atoms with Crippen molar-refractivity contribution in [2.24, 2.45) is 5.41 Å². The summed E-state index contributed by atoms with van der Waals surface area (Å²) in [6.07, 6.45) is 1.14. The molecule has 0 radical (unpaired) electrons. The Morgan fingerprint density at radius 3 is 2.37 bits per heavy atom. The Balaban J connectivity index is 2.58. The van der Waals surface area contributed by atoms with Gasteiger partial charge < -0.3 is 10.1 Å². The highest BCUT2D eigenvalue weighted by atomic mass is 16.5. The van der Waals surface area contributed by atoms with E-state index in [1.165, 1.54) is 5.56 Å². The summed E-state index contributed by atoms with van der Waals surface area (Å²) >= 11 is 0. The normalized spacial score (nSPS) is 12.5. The van der Waals surface area contributed by atoms with Crippen molar-refractivity contribution in [3.8, 4) is 5.75 Å². The molecule has 1 aromatic rings. The molecule has 0 unspecified atom stereocenters. The molecular formula is C17H29NO. The van der Waals surface area contributed by atoms with Crippen LogP contribution in [0.4, 0.5) is 0 Å². The Labute approximate surface area is 118 Å². The summed E-state index contributed by atoms with van der Waals surface area (Å²) in [6.45, 7) is 15.0. The van der Waals surface area contributed by atoms with Crippen LogP contribution < -0.4 is 10.1 Å². The lowest BCUT2D eigenvalue weighted by atomic mass is 9.82. The highest BCUT2D eigenvalue weighted by Crippen LogP contribution is 2.27. The lowest BCUT2D eigenvalue weighted by Crippen LogP contribution is -2.41. The summed E-state index contributed by atoms with van der Waals surface area (Å²) in [4.78, 5) is 0. The minimum atomic E-state index is 0.139. The van der Waals surface area contributed by atoms with Crippen LogP contribution in [0.5, 0.6) is 5.75 Å². The Morgan fingerprint density at radius 1 is 1.11 bits per heavy atom. The first-order valence-electron chi connectivity index (χ1n) is 7.19. The van der Waals surface area contributed by atoms with Gasteiger partial charge in [-0.2, -0.15) is 0 Å². The molecule has 108 valence electrons. The molecule has 0 heterocycles. The SMILES string of the molecule is CCOc1cccc(CNC(C)(C)CC(C)(C)C)c1. The molecule has 0 bridgehead atoms. The van der Waals surface area contributed by atoms with Gasteiger partial charge in [-0.1, -0.05) is 32.9 Å². The summed E-state index contributed by atoms with van der Waals surface area (Å²) in [6, 6.07) is 8.32. The van der Waals surface area contributed by atoms with Crippen molar-refractivity contribution < 1.29 is 4.74 Å². The molecule has 1 rings (SSSR count). The van der Waals surface area contributed by atoms with Gasteiger partial charge in [0.2, 0.25) is 0 Å². The third-order valence-corrected chi connectivity index (χ3v) is 2.95. The number of hydrogen-bond donors (Lipinski definition) is 1. The van der Waals surface area contributed by atoms with E-state index >= 15 is 0 Å². The Kier molecular flexibility index (Phi) is 5.42. The predicted octanol–water partition coefficient (Wildman–Crippen LogP) is 4.39.